The molecule has 0 aliphatic carbocycles. The van der Waals surface area contributed by atoms with E-state index >= 15 is 0 Å². The minimum Gasteiger partial charge on any atom is -0.395 e. The predicted molar refractivity (Wildman–Crippen MR) is 62.9 cm³/mol. The van der Waals surface area contributed by atoms with E-state index in [2.05, 4.69) is 5.43 Å². The maximum Gasteiger partial charge on any atom is 0.253 e. The molecule has 0 aromatic heterocycles. The average molecular weight is 223 g/mol. The summed E-state index contributed by atoms with van der Waals surface area (Å²) in [5.41, 5.74) is 3.74. The molecular formula is C11H17N3O2. The summed E-state index contributed by atoms with van der Waals surface area (Å²) >= 11 is 0. The molecule has 0 aliphatic rings. The lowest BCUT2D eigenvalue weighted by molar-refractivity contribution is 0.0732. The van der Waals surface area contributed by atoms with Crippen molar-refractivity contribution in [2.45, 2.75) is 6.92 Å². The van der Waals surface area contributed by atoms with Gasteiger partial charge in [-0.05, 0) is 25.1 Å². The maximum absolute atomic E-state index is 12.0. The van der Waals surface area contributed by atoms with Crippen LogP contribution in [0.25, 0.3) is 0 Å². The van der Waals surface area contributed by atoms with Gasteiger partial charge in [0, 0.05) is 24.3 Å². The largest absolute Gasteiger partial charge is 0.395 e. The zero-order chi connectivity index (χ0) is 12.0. The van der Waals surface area contributed by atoms with Crippen LogP contribution in [0, 0.1) is 0 Å². The fourth-order valence-electron chi connectivity index (χ4n) is 1.45. The van der Waals surface area contributed by atoms with Crippen molar-refractivity contribution in [3.63, 3.8) is 0 Å². The van der Waals surface area contributed by atoms with Crippen LogP contribution in [0.5, 0.6) is 0 Å². The monoisotopic (exact) mass is 223 g/mol. The van der Waals surface area contributed by atoms with E-state index in [1.807, 2.05) is 6.92 Å². The molecule has 0 saturated heterocycles. The average Bonchev–Trinajstić information content (AvgIpc) is 2.35. The molecule has 0 spiro atoms. The van der Waals surface area contributed by atoms with Gasteiger partial charge in [0.1, 0.15) is 0 Å². The van der Waals surface area contributed by atoms with Crippen molar-refractivity contribution in [1.82, 2.24) is 4.90 Å². The van der Waals surface area contributed by atoms with Gasteiger partial charge >= 0.3 is 0 Å². The van der Waals surface area contributed by atoms with Gasteiger partial charge in [0.25, 0.3) is 5.91 Å². The van der Waals surface area contributed by atoms with Crippen LogP contribution in [0.4, 0.5) is 5.69 Å². The lowest BCUT2D eigenvalue weighted by Gasteiger charge is -2.19. The highest BCUT2D eigenvalue weighted by molar-refractivity contribution is 5.95. The summed E-state index contributed by atoms with van der Waals surface area (Å²) in [4.78, 5) is 13.6. The Morgan fingerprint density at radius 2 is 2.31 bits per heavy atom. The highest BCUT2D eigenvalue weighted by Gasteiger charge is 2.13. The Morgan fingerprint density at radius 1 is 1.56 bits per heavy atom. The summed E-state index contributed by atoms with van der Waals surface area (Å²) in [5, 5.41) is 8.84. The molecule has 1 amide bonds. The number of nitrogen functional groups attached to an aromatic ring is 1. The third-order valence-corrected chi connectivity index (χ3v) is 2.32. The van der Waals surface area contributed by atoms with Crippen LogP contribution in [0.2, 0.25) is 0 Å². The van der Waals surface area contributed by atoms with Crippen LogP contribution in [0.1, 0.15) is 17.3 Å². The summed E-state index contributed by atoms with van der Waals surface area (Å²) in [6.07, 6.45) is 0. The first kappa shape index (κ1) is 12.5. The third kappa shape index (κ3) is 2.95. The molecule has 16 heavy (non-hydrogen) atoms. The van der Waals surface area contributed by atoms with Crippen molar-refractivity contribution in [2.75, 3.05) is 25.1 Å². The Morgan fingerprint density at radius 3 is 2.88 bits per heavy atom. The summed E-state index contributed by atoms with van der Waals surface area (Å²) in [7, 11) is 0. The van der Waals surface area contributed by atoms with Gasteiger partial charge in [-0.15, -0.1) is 0 Å². The second-order valence-corrected chi connectivity index (χ2v) is 3.33. The van der Waals surface area contributed by atoms with Crippen LogP contribution < -0.4 is 11.3 Å². The molecule has 0 radical (unpaired) electrons. The van der Waals surface area contributed by atoms with Gasteiger partial charge in [0.15, 0.2) is 0 Å². The number of aliphatic hydroxyl groups is 1. The topological polar surface area (TPSA) is 78.6 Å². The summed E-state index contributed by atoms with van der Waals surface area (Å²) in [5.74, 6) is 5.17. The number of hydrazine groups is 1. The number of anilines is 1. The van der Waals surface area contributed by atoms with Gasteiger partial charge in [-0.2, -0.15) is 0 Å². The van der Waals surface area contributed by atoms with Crippen LogP contribution in [0.15, 0.2) is 24.3 Å². The number of aliphatic hydroxyl groups excluding tert-OH is 1. The molecule has 0 atom stereocenters. The zero-order valence-electron chi connectivity index (χ0n) is 9.31. The molecule has 1 aromatic carbocycles. The number of nitrogens with one attached hydrogen (secondary N) is 1. The van der Waals surface area contributed by atoms with Gasteiger partial charge in [-0.1, -0.05) is 6.07 Å². The van der Waals surface area contributed by atoms with Gasteiger partial charge in [0.2, 0.25) is 0 Å². The highest BCUT2D eigenvalue weighted by atomic mass is 16.3. The first-order valence-electron chi connectivity index (χ1n) is 5.19. The quantitative estimate of drug-likeness (QED) is 0.499. The van der Waals surface area contributed by atoms with Crippen molar-refractivity contribution in [3.05, 3.63) is 29.8 Å². The molecular weight excluding hydrogens is 206 g/mol. The van der Waals surface area contributed by atoms with E-state index in [1.165, 1.54) is 0 Å². The van der Waals surface area contributed by atoms with Crippen molar-refractivity contribution >= 4 is 11.6 Å². The maximum atomic E-state index is 12.0. The molecule has 88 valence electrons. The molecule has 5 heteroatoms. The molecule has 0 fully saturated rings. The fraction of sp³-hybridized carbons (Fsp3) is 0.364. The smallest absolute Gasteiger partial charge is 0.253 e. The lowest BCUT2D eigenvalue weighted by Crippen LogP contribution is -2.33. The molecule has 0 heterocycles. The fourth-order valence-corrected chi connectivity index (χ4v) is 1.45. The number of carbonyl (C=O) groups is 1. The van der Waals surface area contributed by atoms with Crippen molar-refractivity contribution in [2.24, 2.45) is 5.84 Å². The minimum atomic E-state index is -0.103. The first-order valence-corrected chi connectivity index (χ1v) is 5.19. The normalized spacial score (nSPS) is 9.94. The van der Waals surface area contributed by atoms with E-state index in [0.717, 1.165) is 0 Å². The number of hydrogen-bond acceptors (Lipinski definition) is 4. The Kier molecular flexibility index (Phi) is 4.75. The highest BCUT2D eigenvalue weighted by Crippen LogP contribution is 2.11. The van der Waals surface area contributed by atoms with Crippen LogP contribution >= 0.6 is 0 Å². The molecule has 0 unspecified atom stereocenters. The second kappa shape index (κ2) is 6.09. The van der Waals surface area contributed by atoms with E-state index in [1.54, 1.807) is 29.2 Å². The number of rotatable bonds is 5. The summed E-state index contributed by atoms with van der Waals surface area (Å²) in [6.45, 7) is 2.75. The summed E-state index contributed by atoms with van der Waals surface area (Å²) in [6, 6.07) is 6.94. The third-order valence-electron chi connectivity index (χ3n) is 2.32. The summed E-state index contributed by atoms with van der Waals surface area (Å²) < 4.78 is 0. The van der Waals surface area contributed by atoms with E-state index in [-0.39, 0.29) is 12.5 Å². The molecule has 1 aromatic rings. The van der Waals surface area contributed by atoms with Gasteiger partial charge in [-0.3, -0.25) is 10.6 Å². The van der Waals surface area contributed by atoms with Crippen LogP contribution in [-0.4, -0.2) is 35.6 Å². The Balaban J connectivity index is 2.85. The number of carbonyl (C=O) groups excluding carboxylic acids is 1. The van der Waals surface area contributed by atoms with Crippen molar-refractivity contribution in [3.8, 4) is 0 Å². The van der Waals surface area contributed by atoms with E-state index in [4.69, 9.17) is 10.9 Å². The Labute approximate surface area is 94.8 Å². The Hall–Kier alpha value is -1.59. The van der Waals surface area contributed by atoms with Gasteiger partial charge in [-0.25, -0.2) is 0 Å². The van der Waals surface area contributed by atoms with Gasteiger partial charge < -0.3 is 15.4 Å². The molecule has 0 aliphatic heterocycles. The molecule has 5 nitrogen and oxygen atoms in total. The molecule has 0 saturated carbocycles. The van der Waals surface area contributed by atoms with E-state index in [9.17, 15) is 4.79 Å². The van der Waals surface area contributed by atoms with Crippen LogP contribution in [0.3, 0.4) is 0 Å². The van der Waals surface area contributed by atoms with Crippen molar-refractivity contribution in [1.29, 1.82) is 0 Å². The number of hydrogen-bond donors (Lipinski definition) is 3. The van der Waals surface area contributed by atoms with E-state index < -0.39 is 0 Å². The first-order chi connectivity index (χ1) is 7.72. The number of amides is 1. The van der Waals surface area contributed by atoms with E-state index in [0.29, 0.717) is 24.3 Å². The number of likely N-dealkylation sites (N-methyl/N-ethyl adjacent to an activating group) is 1. The number of nitrogens with zero attached hydrogens (tertiary/aromatic N) is 1. The predicted octanol–water partition coefficient (Wildman–Crippen LogP) is 0.427. The molecule has 4 N–H and O–H groups in total. The lowest BCUT2D eigenvalue weighted by atomic mass is 10.1. The molecule has 0 bridgehead atoms. The SMILES string of the molecule is CCN(CCO)C(=O)c1cccc(NN)c1. The van der Waals surface area contributed by atoms with Crippen molar-refractivity contribution < 1.29 is 9.90 Å². The minimum absolute atomic E-state index is 0.0333. The Bertz CT molecular complexity index is 355. The number of nitrogens with two attached hydrogens (primary N) is 1. The standard InChI is InChI=1S/C11H17N3O2/c1-2-14(6-7-15)11(16)9-4-3-5-10(8-9)13-12/h3-5,8,13,15H,2,6-7,12H2,1H3. The second-order valence-electron chi connectivity index (χ2n) is 3.33. The zero-order valence-corrected chi connectivity index (χ0v) is 9.31. The number of benzene rings is 1. The van der Waals surface area contributed by atoms with Gasteiger partial charge in [0.05, 0.1) is 6.61 Å². The molecule has 1 rings (SSSR count). The van der Waals surface area contributed by atoms with Crippen LogP contribution in [-0.2, 0) is 0 Å².